The molecular formula is C11H13F3N2OS. The smallest absolute Gasteiger partial charge is 0.398 e. The van der Waals surface area contributed by atoms with Gasteiger partial charge in [0.1, 0.15) is 6.54 Å². The summed E-state index contributed by atoms with van der Waals surface area (Å²) in [5.74, 6) is -0.762. The fourth-order valence-electron chi connectivity index (χ4n) is 1.17. The highest BCUT2D eigenvalue weighted by Crippen LogP contribution is 2.27. The lowest BCUT2D eigenvalue weighted by Gasteiger charge is -2.09. The summed E-state index contributed by atoms with van der Waals surface area (Å²) in [4.78, 5) is 11.9. The Morgan fingerprint density at radius 3 is 2.72 bits per heavy atom. The SMILES string of the molecule is Cc1cccc(SCC(=O)NCC(F)(F)F)c1N. The molecule has 3 N–H and O–H groups in total. The highest BCUT2D eigenvalue weighted by Gasteiger charge is 2.27. The molecule has 0 spiro atoms. The van der Waals surface area contributed by atoms with E-state index in [2.05, 4.69) is 0 Å². The van der Waals surface area contributed by atoms with Crippen LogP contribution in [0.15, 0.2) is 23.1 Å². The quantitative estimate of drug-likeness (QED) is 0.656. The van der Waals surface area contributed by atoms with E-state index < -0.39 is 18.6 Å². The number of carbonyl (C=O) groups is 1. The molecule has 3 nitrogen and oxygen atoms in total. The second-order valence-corrected chi connectivity index (χ2v) is 4.68. The predicted octanol–water partition coefficient (Wildman–Crippen LogP) is 2.35. The Labute approximate surface area is 107 Å². The van der Waals surface area contributed by atoms with Gasteiger partial charge in [-0.3, -0.25) is 4.79 Å². The second kappa shape index (κ2) is 5.99. The van der Waals surface area contributed by atoms with Crippen molar-refractivity contribution in [1.82, 2.24) is 5.32 Å². The maximum Gasteiger partial charge on any atom is 0.405 e. The van der Waals surface area contributed by atoms with E-state index in [4.69, 9.17) is 5.73 Å². The third-order valence-electron chi connectivity index (χ3n) is 2.13. The molecular weight excluding hydrogens is 265 g/mol. The highest BCUT2D eigenvalue weighted by atomic mass is 32.2. The number of halogens is 3. The third-order valence-corrected chi connectivity index (χ3v) is 3.20. The van der Waals surface area contributed by atoms with Crippen molar-refractivity contribution in [3.63, 3.8) is 0 Å². The number of anilines is 1. The fourth-order valence-corrected chi connectivity index (χ4v) is 2.05. The normalized spacial score (nSPS) is 11.3. The Morgan fingerprint density at radius 1 is 1.44 bits per heavy atom. The van der Waals surface area contributed by atoms with Gasteiger partial charge in [0.05, 0.1) is 5.75 Å². The Kier molecular flexibility index (Phi) is 4.89. The minimum absolute atomic E-state index is 0.0935. The molecule has 18 heavy (non-hydrogen) atoms. The standard InChI is InChI=1S/C11H13F3N2OS/c1-7-3-2-4-8(10(7)15)18-5-9(17)16-6-11(12,13)14/h2-4H,5-6,15H2,1H3,(H,16,17). The first-order chi connectivity index (χ1) is 8.29. The van der Waals surface area contributed by atoms with E-state index in [-0.39, 0.29) is 5.75 Å². The number of hydrogen-bond acceptors (Lipinski definition) is 3. The van der Waals surface area contributed by atoms with Gasteiger partial charge in [0.15, 0.2) is 0 Å². The number of para-hydroxylation sites is 1. The minimum Gasteiger partial charge on any atom is -0.398 e. The minimum atomic E-state index is -4.39. The number of nitrogens with one attached hydrogen (secondary N) is 1. The Hall–Kier alpha value is -1.37. The van der Waals surface area contributed by atoms with E-state index in [9.17, 15) is 18.0 Å². The molecule has 0 aliphatic carbocycles. The summed E-state index contributed by atoms with van der Waals surface area (Å²) in [6.45, 7) is 0.513. The van der Waals surface area contributed by atoms with Crippen LogP contribution in [-0.4, -0.2) is 24.4 Å². The van der Waals surface area contributed by atoms with Gasteiger partial charge < -0.3 is 11.1 Å². The first-order valence-corrected chi connectivity index (χ1v) is 6.09. The molecule has 0 fully saturated rings. The molecule has 1 aromatic carbocycles. The van der Waals surface area contributed by atoms with Crippen molar-refractivity contribution >= 4 is 23.4 Å². The lowest BCUT2D eigenvalue weighted by molar-refractivity contribution is -0.136. The van der Waals surface area contributed by atoms with Crippen LogP contribution in [0.1, 0.15) is 5.56 Å². The van der Waals surface area contributed by atoms with Crippen LogP contribution in [0.5, 0.6) is 0 Å². The largest absolute Gasteiger partial charge is 0.405 e. The zero-order chi connectivity index (χ0) is 13.8. The maximum atomic E-state index is 11.9. The van der Waals surface area contributed by atoms with Crippen LogP contribution in [0, 0.1) is 6.92 Å². The zero-order valence-electron chi connectivity index (χ0n) is 9.67. The maximum absolute atomic E-state index is 11.9. The number of nitrogens with two attached hydrogens (primary N) is 1. The van der Waals surface area contributed by atoms with Gasteiger partial charge >= 0.3 is 6.18 Å². The summed E-state index contributed by atoms with van der Waals surface area (Å²) in [6.07, 6.45) is -4.39. The summed E-state index contributed by atoms with van der Waals surface area (Å²) in [6, 6.07) is 5.33. The van der Waals surface area contributed by atoms with Crippen LogP contribution in [0.4, 0.5) is 18.9 Å². The molecule has 1 amide bonds. The van der Waals surface area contributed by atoms with Crippen LogP contribution < -0.4 is 11.1 Å². The number of benzene rings is 1. The van der Waals surface area contributed by atoms with E-state index in [1.807, 2.05) is 13.0 Å². The van der Waals surface area contributed by atoms with E-state index in [1.54, 1.807) is 17.4 Å². The molecule has 7 heteroatoms. The third kappa shape index (κ3) is 4.87. The highest BCUT2D eigenvalue weighted by molar-refractivity contribution is 8.00. The first-order valence-electron chi connectivity index (χ1n) is 5.11. The van der Waals surface area contributed by atoms with Crippen molar-refractivity contribution in [2.75, 3.05) is 18.0 Å². The molecule has 1 rings (SSSR count). The van der Waals surface area contributed by atoms with Gasteiger partial charge in [0, 0.05) is 10.6 Å². The lowest BCUT2D eigenvalue weighted by atomic mass is 10.2. The molecule has 0 saturated carbocycles. The van der Waals surface area contributed by atoms with Crippen LogP contribution in [-0.2, 0) is 4.79 Å². The van der Waals surface area contributed by atoms with Crippen LogP contribution in [0.3, 0.4) is 0 Å². The predicted molar refractivity (Wildman–Crippen MR) is 65.4 cm³/mol. The number of amides is 1. The van der Waals surface area contributed by atoms with Crippen molar-refractivity contribution in [2.24, 2.45) is 0 Å². The van der Waals surface area contributed by atoms with Gasteiger partial charge in [-0.25, -0.2) is 0 Å². The molecule has 0 heterocycles. The van der Waals surface area contributed by atoms with Crippen molar-refractivity contribution in [3.8, 4) is 0 Å². The van der Waals surface area contributed by atoms with E-state index in [0.29, 0.717) is 10.6 Å². The zero-order valence-corrected chi connectivity index (χ0v) is 10.5. The van der Waals surface area contributed by atoms with E-state index in [0.717, 1.165) is 17.3 Å². The Balaban J connectivity index is 2.46. The number of nitrogen functional groups attached to an aromatic ring is 1. The van der Waals surface area contributed by atoms with Gasteiger partial charge in [0.2, 0.25) is 5.91 Å². The van der Waals surface area contributed by atoms with Crippen molar-refractivity contribution in [2.45, 2.75) is 18.0 Å². The number of aryl methyl sites for hydroxylation is 1. The number of alkyl halides is 3. The van der Waals surface area contributed by atoms with Gasteiger partial charge in [0.25, 0.3) is 0 Å². The molecule has 1 aromatic rings. The van der Waals surface area contributed by atoms with Gasteiger partial charge in [-0.2, -0.15) is 13.2 Å². The molecule has 0 saturated heterocycles. The summed E-state index contributed by atoms with van der Waals surface area (Å²) in [5.41, 5.74) is 7.20. The first kappa shape index (κ1) is 14.7. The fraction of sp³-hybridized carbons (Fsp3) is 0.364. The average Bonchev–Trinajstić information content (AvgIpc) is 2.27. The number of hydrogen-bond donors (Lipinski definition) is 2. The second-order valence-electron chi connectivity index (χ2n) is 3.67. The van der Waals surface area contributed by atoms with Gasteiger partial charge in [-0.15, -0.1) is 11.8 Å². The van der Waals surface area contributed by atoms with Gasteiger partial charge in [-0.05, 0) is 18.6 Å². The molecule has 100 valence electrons. The van der Waals surface area contributed by atoms with E-state index >= 15 is 0 Å². The molecule has 0 bridgehead atoms. The molecule has 0 radical (unpaired) electrons. The van der Waals surface area contributed by atoms with Gasteiger partial charge in [-0.1, -0.05) is 12.1 Å². The molecule has 0 aliphatic heterocycles. The molecule has 0 aromatic heterocycles. The molecule has 0 atom stereocenters. The van der Waals surface area contributed by atoms with Crippen LogP contribution in [0.25, 0.3) is 0 Å². The topological polar surface area (TPSA) is 55.1 Å². The number of thioether (sulfide) groups is 1. The molecule has 0 aliphatic rings. The van der Waals surface area contributed by atoms with Crippen molar-refractivity contribution in [1.29, 1.82) is 0 Å². The lowest BCUT2D eigenvalue weighted by Crippen LogP contribution is -2.34. The van der Waals surface area contributed by atoms with E-state index in [1.165, 1.54) is 0 Å². The van der Waals surface area contributed by atoms with Crippen molar-refractivity contribution < 1.29 is 18.0 Å². The summed E-state index contributed by atoms with van der Waals surface area (Å²) in [7, 11) is 0. The summed E-state index contributed by atoms with van der Waals surface area (Å²) < 4.78 is 35.6. The number of rotatable bonds is 4. The van der Waals surface area contributed by atoms with Crippen LogP contribution in [0.2, 0.25) is 0 Å². The molecule has 0 unspecified atom stereocenters. The summed E-state index contributed by atoms with van der Waals surface area (Å²) in [5, 5.41) is 1.80. The monoisotopic (exact) mass is 278 g/mol. The number of carbonyl (C=O) groups excluding carboxylic acids is 1. The van der Waals surface area contributed by atoms with Crippen LogP contribution >= 0.6 is 11.8 Å². The average molecular weight is 278 g/mol. The summed E-state index contributed by atoms with van der Waals surface area (Å²) >= 11 is 1.12. The Morgan fingerprint density at radius 2 is 2.11 bits per heavy atom. The van der Waals surface area contributed by atoms with Crippen molar-refractivity contribution in [3.05, 3.63) is 23.8 Å². The Bertz CT molecular complexity index is 435.